The summed E-state index contributed by atoms with van der Waals surface area (Å²) in [7, 11) is 0. The molecule has 0 unspecified atom stereocenters. The van der Waals surface area contributed by atoms with Crippen LogP contribution in [0.4, 0.5) is 0 Å². The molecule has 5 heteroatoms. The number of rotatable bonds is 4. The standard InChI is InChI=1S/C14H19N3O2/c15-13(18)11-7-4-8-17(9-11)12(14(16)19)10-5-2-1-3-6-10/h1-3,5-6,11-12H,4,7-9H2,(H2,15,18)(H2,16,19)/t11-,12-/m1/s1. The average molecular weight is 261 g/mol. The van der Waals surface area contributed by atoms with Gasteiger partial charge in [0.05, 0.1) is 5.92 Å². The summed E-state index contributed by atoms with van der Waals surface area (Å²) >= 11 is 0. The molecule has 0 radical (unpaired) electrons. The number of hydrogen-bond acceptors (Lipinski definition) is 3. The summed E-state index contributed by atoms with van der Waals surface area (Å²) < 4.78 is 0. The Hall–Kier alpha value is -1.88. The molecule has 0 aromatic heterocycles. The first-order valence-corrected chi connectivity index (χ1v) is 6.47. The first-order chi connectivity index (χ1) is 9.09. The van der Waals surface area contributed by atoms with Gasteiger partial charge in [-0.3, -0.25) is 14.5 Å². The van der Waals surface area contributed by atoms with Crippen molar-refractivity contribution in [2.45, 2.75) is 18.9 Å². The third-order valence-corrected chi connectivity index (χ3v) is 3.61. The zero-order valence-electron chi connectivity index (χ0n) is 10.8. The van der Waals surface area contributed by atoms with Gasteiger partial charge in [-0.2, -0.15) is 0 Å². The number of hydrogen-bond donors (Lipinski definition) is 2. The molecule has 1 aliphatic heterocycles. The Morgan fingerprint density at radius 2 is 1.89 bits per heavy atom. The van der Waals surface area contributed by atoms with Gasteiger partial charge in [-0.1, -0.05) is 30.3 Å². The topological polar surface area (TPSA) is 89.4 Å². The summed E-state index contributed by atoms with van der Waals surface area (Å²) in [5.41, 5.74) is 11.7. The van der Waals surface area contributed by atoms with Crippen LogP contribution in [0.3, 0.4) is 0 Å². The molecule has 19 heavy (non-hydrogen) atoms. The molecule has 0 spiro atoms. The van der Waals surface area contributed by atoms with Crippen molar-refractivity contribution in [3.63, 3.8) is 0 Å². The summed E-state index contributed by atoms with van der Waals surface area (Å²) in [6, 6.07) is 8.92. The molecule has 2 rings (SSSR count). The fourth-order valence-corrected chi connectivity index (χ4v) is 2.66. The fourth-order valence-electron chi connectivity index (χ4n) is 2.66. The summed E-state index contributed by atoms with van der Waals surface area (Å²) in [6.45, 7) is 1.25. The van der Waals surface area contributed by atoms with E-state index in [1.54, 1.807) is 0 Å². The van der Waals surface area contributed by atoms with E-state index >= 15 is 0 Å². The number of amides is 2. The van der Waals surface area contributed by atoms with Gasteiger partial charge in [-0.15, -0.1) is 0 Å². The van der Waals surface area contributed by atoms with E-state index in [-0.39, 0.29) is 11.8 Å². The maximum absolute atomic E-state index is 11.7. The Kier molecular flexibility index (Phi) is 4.16. The van der Waals surface area contributed by atoms with Crippen LogP contribution in [0.1, 0.15) is 24.4 Å². The number of carbonyl (C=O) groups is 2. The molecule has 1 fully saturated rings. The van der Waals surface area contributed by atoms with E-state index < -0.39 is 11.9 Å². The van der Waals surface area contributed by atoms with Crippen LogP contribution in [0, 0.1) is 5.92 Å². The van der Waals surface area contributed by atoms with E-state index in [0.717, 1.165) is 24.9 Å². The Morgan fingerprint density at radius 1 is 1.21 bits per heavy atom. The number of benzene rings is 1. The number of primary amides is 2. The molecular formula is C14H19N3O2. The van der Waals surface area contributed by atoms with Crippen molar-refractivity contribution >= 4 is 11.8 Å². The quantitative estimate of drug-likeness (QED) is 0.822. The second-order valence-corrected chi connectivity index (χ2v) is 4.95. The van der Waals surface area contributed by atoms with Crippen molar-refractivity contribution in [3.8, 4) is 0 Å². The molecule has 2 amide bonds. The van der Waals surface area contributed by atoms with E-state index in [2.05, 4.69) is 0 Å². The minimum atomic E-state index is -0.483. The lowest BCUT2D eigenvalue weighted by Crippen LogP contribution is -2.46. The van der Waals surface area contributed by atoms with Gasteiger partial charge in [0.2, 0.25) is 11.8 Å². The highest BCUT2D eigenvalue weighted by Crippen LogP contribution is 2.26. The lowest BCUT2D eigenvalue weighted by Gasteiger charge is -2.35. The third-order valence-electron chi connectivity index (χ3n) is 3.61. The lowest BCUT2D eigenvalue weighted by atomic mass is 9.94. The molecule has 102 valence electrons. The van der Waals surface area contributed by atoms with Crippen molar-refractivity contribution in [2.24, 2.45) is 17.4 Å². The number of piperidine rings is 1. The monoisotopic (exact) mass is 261 g/mol. The summed E-state index contributed by atoms with van der Waals surface area (Å²) in [6.07, 6.45) is 1.64. The SMILES string of the molecule is NC(=O)[C@@H]1CCCN([C@@H](C(N)=O)c2ccccc2)C1. The maximum atomic E-state index is 11.7. The summed E-state index contributed by atoms with van der Waals surface area (Å²) in [5, 5.41) is 0. The molecule has 4 N–H and O–H groups in total. The van der Waals surface area contributed by atoms with Crippen LogP contribution < -0.4 is 11.5 Å². The van der Waals surface area contributed by atoms with E-state index in [0.29, 0.717) is 6.54 Å². The van der Waals surface area contributed by atoms with E-state index in [1.165, 1.54) is 0 Å². The predicted molar refractivity (Wildman–Crippen MR) is 71.9 cm³/mol. The van der Waals surface area contributed by atoms with Crippen LogP contribution >= 0.6 is 0 Å². The van der Waals surface area contributed by atoms with Crippen molar-refractivity contribution in [3.05, 3.63) is 35.9 Å². The maximum Gasteiger partial charge on any atom is 0.239 e. The van der Waals surface area contributed by atoms with E-state index in [9.17, 15) is 9.59 Å². The summed E-state index contributed by atoms with van der Waals surface area (Å²) in [4.78, 5) is 25.0. The number of likely N-dealkylation sites (tertiary alicyclic amines) is 1. The molecule has 0 bridgehead atoms. The van der Waals surface area contributed by atoms with Crippen molar-refractivity contribution in [2.75, 3.05) is 13.1 Å². The number of nitrogens with two attached hydrogens (primary N) is 2. The Bertz CT molecular complexity index is 461. The van der Waals surface area contributed by atoms with Crippen molar-refractivity contribution < 1.29 is 9.59 Å². The van der Waals surface area contributed by atoms with Crippen LogP contribution in [0.25, 0.3) is 0 Å². The second-order valence-electron chi connectivity index (χ2n) is 4.95. The van der Waals surface area contributed by atoms with Gasteiger partial charge >= 0.3 is 0 Å². The Labute approximate surface area is 112 Å². The highest BCUT2D eigenvalue weighted by molar-refractivity contribution is 5.82. The zero-order valence-corrected chi connectivity index (χ0v) is 10.8. The molecule has 2 atom stereocenters. The molecular weight excluding hydrogens is 242 g/mol. The Morgan fingerprint density at radius 3 is 2.47 bits per heavy atom. The van der Waals surface area contributed by atoms with Gasteiger partial charge in [0, 0.05) is 6.54 Å². The van der Waals surface area contributed by atoms with Crippen LogP contribution in [0.2, 0.25) is 0 Å². The van der Waals surface area contributed by atoms with Crippen LogP contribution in [-0.4, -0.2) is 29.8 Å². The van der Waals surface area contributed by atoms with Gasteiger partial charge in [0.15, 0.2) is 0 Å². The molecule has 1 aromatic carbocycles. The highest BCUT2D eigenvalue weighted by Gasteiger charge is 2.32. The van der Waals surface area contributed by atoms with Gasteiger partial charge in [-0.25, -0.2) is 0 Å². The van der Waals surface area contributed by atoms with Crippen molar-refractivity contribution in [1.29, 1.82) is 0 Å². The highest BCUT2D eigenvalue weighted by atomic mass is 16.2. The third kappa shape index (κ3) is 3.12. The molecule has 1 aliphatic rings. The number of carbonyl (C=O) groups excluding carboxylic acids is 2. The number of nitrogens with zero attached hydrogens (tertiary/aromatic N) is 1. The minimum Gasteiger partial charge on any atom is -0.369 e. The lowest BCUT2D eigenvalue weighted by molar-refractivity contribution is -0.128. The van der Waals surface area contributed by atoms with E-state index in [4.69, 9.17) is 11.5 Å². The predicted octanol–water partition coefficient (Wildman–Crippen LogP) is 0.410. The molecule has 1 saturated heterocycles. The van der Waals surface area contributed by atoms with Gasteiger partial charge in [0.1, 0.15) is 6.04 Å². The molecule has 1 heterocycles. The fraction of sp³-hybridized carbons (Fsp3) is 0.429. The first kappa shape index (κ1) is 13.5. The van der Waals surface area contributed by atoms with Gasteiger partial charge in [-0.05, 0) is 24.9 Å². The second kappa shape index (κ2) is 5.84. The van der Waals surface area contributed by atoms with Gasteiger partial charge < -0.3 is 11.5 Å². The van der Waals surface area contributed by atoms with Crippen LogP contribution in [-0.2, 0) is 9.59 Å². The minimum absolute atomic E-state index is 0.195. The van der Waals surface area contributed by atoms with Crippen LogP contribution in [0.15, 0.2) is 30.3 Å². The first-order valence-electron chi connectivity index (χ1n) is 6.47. The van der Waals surface area contributed by atoms with Crippen LogP contribution in [0.5, 0.6) is 0 Å². The van der Waals surface area contributed by atoms with Crippen molar-refractivity contribution in [1.82, 2.24) is 4.90 Å². The summed E-state index contributed by atoms with van der Waals surface area (Å²) in [5.74, 6) is -0.892. The largest absolute Gasteiger partial charge is 0.369 e. The smallest absolute Gasteiger partial charge is 0.239 e. The Balaban J connectivity index is 2.20. The molecule has 1 aromatic rings. The average Bonchev–Trinajstić information content (AvgIpc) is 2.40. The van der Waals surface area contributed by atoms with E-state index in [1.807, 2.05) is 35.2 Å². The molecule has 0 saturated carbocycles. The molecule has 5 nitrogen and oxygen atoms in total. The molecule has 0 aliphatic carbocycles. The zero-order chi connectivity index (χ0) is 13.8. The van der Waals surface area contributed by atoms with Gasteiger partial charge in [0.25, 0.3) is 0 Å². The normalized spacial score (nSPS) is 21.8.